The molecule has 0 spiro atoms. The van der Waals surface area contributed by atoms with Crippen LogP contribution >= 0.6 is 0 Å². The van der Waals surface area contributed by atoms with Crippen molar-refractivity contribution >= 4 is 11.6 Å². The van der Waals surface area contributed by atoms with Crippen molar-refractivity contribution in [2.45, 2.75) is 51.2 Å². The van der Waals surface area contributed by atoms with Gasteiger partial charge in [-0.25, -0.2) is 0 Å². The van der Waals surface area contributed by atoms with E-state index in [0.717, 1.165) is 57.7 Å². The van der Waals surface area contributed by atoms with E-state index < -0.39 is 0 Å². The molecule has 0 bridgehead atoms. The zero-order chi connectivity index (χ0) is 20.5. The lowest BCUT2D eigenvalue weighted by atomic mass is 9.94. The third kappa shape index (κ3) is 3.91. The Hall–Kier alpha value is -2.53. The van der Waals surface area contributed by atoms with E-state index >= 15 is 0 Å². The van der Waals surface area contributed by atoms with Crippen molar-refractivity contribution in [1.29, 1.82) is 0 Å². The van der Waals surface area contributed by atoms with Crippen LogP contribution < -0.4 is 4.90 Å². The Morgan fingerprint density at radius 3 is 2.37 bits per heavy atom. The maximum Gasteiger partial charge on any atom is 0.254 e. The molecule has 0 atom stereocenters. The number of fused-ring (bicyclic) bond motifs is 1. The third-order valence-electron chi connectivity index (χ3n) is 7.02. The van der Waals surface area contributed by atoms with Crippen LogP contribution in [0.1, 0.15) is 53.6 Å². The quantitative estimate of drug-likeness (QED) is 0.835. The number of anilines is 1. The summed E-state index contributed by atoms with van der Waals surface area (Å²) in [5.74, 6) is 0.557. The summed E-state index contributed by atoms with van der Waals surface area (Å²) >= 11 is 0. The van der Waals surface area contributed by atoms with Gasteiger partial charge >= 0.3 is 0 Å². The van der Waals surface area contributed by atoms with Crippen molar-refractivity contribution < 1.29 is 9.90 Å². The van der Waals surface area contributed by atoms with Crippen LogP contribution in [-0.4, -0.2) is 53.0 Å². The third-order valence-corrected chi connectivity index (χ3v) is 7.02. The fourth-order valence-corrected chi connectivity index (χ4v) is 5.22. The summed E-state index contributed by atoms with van der Waals surface area (Å²) in [6.45, 7) is 5.64. The number of carbonyl (C=O) groups is 1. The average molecular weight is 406 g/mol. The van der Waals surface area contributed by atoms with Crippen LogP contribution in [-0.2, 0) is 13.1 Å². The van der Waals surface area contributed by atoms with Crippen molar-refractivity contribution in [3.63, 3.8) is 0 Å². The van der Waals surface area contributed by atoms with E-state index in [1.165, 1.54) is 36.1 Å². The number of benzene rings is 2. The van der Waals surface area contributed by atoms with Crippen molar-refractivity contribution in [1.82, 2.24) is 9.80 Å². The summed E-state index contributed by atoms with van der Waals surface area (Å²) in [6, 6.07) is 14.4. The van der Waals surface area contributed by atoms with Gasteiger partial charge in [-0.2, -0.15) is 0 Å². The second-order valence-corrected chi connectivity index (χ2v) is 9.00. The SMILES string of the molecule is O=C1c2cc(N3CCN(Cc4ccc(O)cc4)CC3)ccc2CN1C1CCCCC1. The first kappa shape index (κ1) is 19.4. The smallest absolute Gasteiger partial charge is 0.254 e. The van der Waals surface area contributed by atoms with Gasteiger partial charge in [-0.3, -0.25) is 9.69 Å². The first-order valence-corrected chi connectivity index (χ1v) is 11.4. The number of aromatic hydroxyl groups is 1. The molecule has 158 valence electrons. The zero-order valence-corrected chi connectivity index (χ0v) is 17.6. The van der Waals surface area contributed by atoms with Gasteiger partial charge in [-0.1, -0.05) is 37.5 Å². The topological polar surface area (TPSA) is 47.0 Å². The molecule has 1 saturated carbocycles. The van der Waals surface area contributed by atoms with E-state index in [-0.39, 0.29) is 5.91 Å². The summed E-state index contributed by atoms with van der Waals surface area (Å²) in [7, 11) is 0. The fourth-order valence-electron chi connectivity index (χ4n) is 5.22. The minimum Gasteiger partial charge on any atom is -0.508 e. The van der Waals surface area contributed by atoms with Crippen LogP contribution in [0.25, 0.3) is 0 Å². The molecular formula is C25H31N3O2. The van der Waals surface area contributed by atoms with E-state index in [2.05, 4.69) is 32.9 Å². The van der Waals surface area contributed by atoms with Gasteiger partial charge in [0.1, 0.15) is 5.75 Å². The van der Waals surface area contributed by atoms with Gasteiger partial charge in [-0.15, -0.1) is 0 Å². The number of carbonyl (C=O) groups excluding carboxylic acids is 1. The molecule has 1 saturated heterocycles. The Morgan fingerprint density at radius 1 is 0.900 bits per heavy atom. The number of piperazine rings is 1. The Labute approximate surface area is 178 Å². The summed E-state index contributed by atoms with van der Waals surface area (Å²) in [6.07, 6.45) is 6.15. The van der Waals surface area contributed by atoms with Crippen LogP contribution in [0.3, 0.4) is 0 Å². The Kier molecular flexibility index (Phi) is 5.38. The van der Waals surface area contributed by atoms with Crippen molar-refractivity contribution in [2.24, 2.45) is 0 Å². The molecule has 0 unspecified atom stereocenters. The predicted octanol–water partition coefficient (Wildman–Crippen LogP) is 4.00. The van der Waals surface area contributed by atoms with Gasteiger partial charge in [0.25, 0.3) is 5.91 Å². The standard InChI is InChI=1S/C25H31N3O2/c29-23-10-6-19(7-11-23)17-26-12-14-27(15-13-26)22-9-8-20-18-28(25(30)24(20)16-22)21-4-2-1-3-5-21/h6-11,16,21,29H,1-5,12-15,17-18H2. The number of rotatable bonds is 4. The first-order chi connectivity index (χ1) is 14.7. The average Bonchev–Trinajstić information content (AvgIpc) is 3.12. The van der Waals surface area contributed by atoms with Gasteiger partial charge in [0.15, 0.2) is 0 Å². The van der Waals surface area contributed by atoms with E-state index in [0.29, 0.717) is 11.8 Å². The van der Waals surface area contributed by atoms with Gasteiger partial charge in [0.05, 0.1) is 0 Å². The highest BCUT2D eigenvalue weighted by atomic mass is 16.3. The Morgan fingerprint density at radius 2 is 1.63 bits per heavy atom. The van der Waals surface area contributed by atoms with Crippen LogP contribution in [0.2, 0.25) is 0 Å². The zero-order valence-electron chi connectivity index (χ0n) is 17.6. The number of phenolic OH excluding ortho intramolecular Hbond substituents is 1. The van der Waals surface area contributed by atoms with Gasteiger partial charge in [0, 0.05) is 56.6 Å². The number of amides is 1. The summed E-state index contributed by atoms with van der Waals surface area (Å²) < 4.78 is 0. The molecular weight excluding hydrogens is 374 g/mol. The van der Waals surface area contributed by atoms with Crippen LogP contribution in [0.5, 0.6) is 5.75 Å². The largest absolute Gasteiger partial charge is 0.508 e. The molecule has 1 aliphatic carbocycles. The molecule has 2 heterocycles. The molecule has 5 rings (SSSR count). The number of hydrogen-bond donors (Lipinski definition) is 1. The highest BCUT2D eigenvalue weighted by molar-refractivity contribution is 5.99. The number of nitrogens with zero attached hydrogens (tertiary/aromatic N) is 3. The lowest BCUT2D eigenvalue weighted by Gasteiger charge is -2.36. The van der Waals surface area contributed by atoms with Crippen LogP contribution in [0.4, 0.5) is 5.69 Å². The van der Waals surface area contributed by atoms with Gasteiger partial charge < -0.3 is 14.9 Å². The number of hydrogen-bond acceptors (Lipinski definition) is 4. The molecule has 5 heteroatoms. The van der Waals surface area contributed by atoms with Crippen LogP contribution in [0, 0.1) is 0 Å². The fraction of sp³-hybridized carbons (Fsp3) is 0.480. The Balaban J connectivity index is 1.21. The number of phenols is 1. The van der Waals surface area contributed by atoms with E-state index in [9.17, 15) is 9.90 Å². The first-order valence-electron chi connectivity index (χ1n) is 11.4. The molecule has 0 radical (unpaired) electrons. The van der Waals surface area contributed by atoms with Crippen molar-refractivity contribution in [2.75, 3.05) is 31.1 Å². The van der Waals surface area contributed by atoms with Crippen LogP contribution in [0.15, 0.2) is 42.5 Å². The molecule has 2 aliphatic heterocycles. The minimum atomic E-state index is 0.240. The lowest BCUT2D eigenvalue weighted by molar-refractivity contribution is 0.0660. The Bertz CT molecular complexity index is 897. The van der Waals surface area contributed by atoms with Gasteiger partial charge in [0.2, 0.25) is 0 Å². The monoisotopic (exact) mass is 405 g/mol. The molecule has 2 aromatic carbocycles. The summed E-state index contributed by atoms with van der Waals surface area (Å²) in [5.41, 5.74) is 4.52. The minimum absolute atomic E-state index is 0.240. The van der Waals surface area contributed by atoms with E-state index in [1.54, 1.807) is 12.1 Å². The lowest BCUT2D eigenvalue weighted by Crippen LogP contribution is -2.46. The molecule has 2 fully saturated rings. The van der Waals surface area contributed by atoms with E-state index in [1.807, 2.05) is 12.1 Å². The molecule has 2 aromatic rings. The molecule has 1 N–H and O–H groups in total. The maximum absolute atomic E-state index is 13.1. The predicted molar refractivity (Wildman–Crippen MR) is 119 cm³/mol. The van der Waals surface area contributed by atoms with Crippen molar-refractivity contribution in [3.05, 3.63) is 59.2 Å². The maximum atomic E-state index is 13.1. The highest BCUT2D eigenvalue weighted by Crippen LogP contribution is 2.33. The molecule has 1 amide bonds. The summed E-state index contributed by atoms with van der Waals surface area (Å²) in [4.78, 5) is 20.1. The normalized spacial score (nSPS) is 20.6. The second-order valence-electron chi connectivity index (χ2n) is 9.00. The second kappa shape index (κ2) is 8.31. The molecule has 30 heavy (non-hydrogen) atoms. The van der Waals surface area contributed by atoms with E-state index in [4.69, 9.17) is 0 Å². The van der Waals surface area contributed by atoms with Gasteiger partial charge in [-0.05, 0) is 48.2 Å². The molecule has 0 aromatic heterocycles. The molecule has 3 aliphatic rings. The highest BCUT2D eigenvalue weighted by Gasteiger charge is 2.33. The van der Waals surface area contributed by atoms with Crippen molar-refractivity contribution in [3.8, 4) is 5.75 Å². The summed E-state index contributed by atoms with van der Waals surface area (Å²) in [5, 5.41) is 9.45. The molecule has 5 nitrogen and oxygen atoms in total.